The number of halogens is 4. The van der Waals surface area contributed by atoms with Gasteiger partial charge in [0.15, 0.2) is 5.82 Å². The third kappa shape index (κ3) is 9.00. The molecule has 2 fully saturated rings. The van der Waals surface area contributed by atoms with Crippen LogP contribution in [-0.4, -0.2) is 89.3 Å². The SMILES string of the molecule is Cl.Cl.Cl.Cn1c(N2CCO[C@@H](c3ccc(OCCN4CCN(C(=O)c5ccccc5)CC4)cc3)C2)nc(-c2ccncc2F)cc1=O. The summed E-state index contributed by atoms with van der Waals surface area (Å²) in [4.78, 5) is 40.1. The van der Waals surface area contributed by atoms with Crippen molar-refractivity contribution in [1.29, 1.82) is 0 Å². The van der Waals surface area contributed by atoms with Crippen LogP contribution in [0.2, 0.25) is 0 Å². The molecule has 0 spiro atoms. The monoisotopic (exact) mass is 706 g/mol. The first-order chi connectivity index (χ1) is 21.5. The van der Waals surface area contributed by atoms with E-state index < -0.39 is 5.82 Å². The predicted octanol–water partition coefficient (Wildman–Crippen LogP) is 4.66. The summed E-state index contributed by atoms with van der Waals surface area (Å²) >= 11 is 0. The van der Waals surface area contributed by atoms with Crippen molar-refractivity contribution in [3.8, 4) is 17.0 Å². The molecule has 14 heteroatoms. The molecule has 47 heavy (non-hydrogen) atoms. The van der Waals surface area contributed by atoms with Crippen molar-refractivity contribution in [3.05, 3.63) is 106 Å². The molecular weight excluding hydrogens is 670 g/mol. The number of anilines is 1. The Kier molecular flexibility index (Phi) is 14.0. The van der Waals surface area contributed by atoms with Gasteiger partial charge in [0, 0.05) is 69.7 Å². The van der Waals surface area contributed by atoms with Crippen molar-refractivity contribution in [2.75, 3.05) is 63.9 Å². The number of piperazine rings is 1. The fraction of sp³-hybridized carbons (Fsp3) is 0.333. The Morgan fingerprint density at radius 3 is 2.40 bits per heavy atom. The maximum atomic E-state index is 14.4. The molecule has 0 radical (unpaired) electrons. The van der Waals surface area contributed by atoms with Crippen LogP contribution in [0.5, 0.6) is 5.75 Å². The highest BCUT2D eigenvalue weighted by molar-refractivity contribution is 5.94. The average molecular weight is 708 g/mol. The average Bonchev–Trinajstić information content (AvgIpc) is 3.07. The van der Waals surface area contributed by atoms with Crippen molar-refractivity contribution in [3.63, 3.8) is 0 Å². The van der Waals surface area contributed by atoms with Gasteiger partial charge in [-0.15, -0.1) is 37.2 Å². The number of amides is 1. The Balaban J connectivity index is 0.00000200. The molecule has 0 aliphatic carbocycles. The quantitative estimate of drug-likeness (QED) is 0.261. The molecule has 2 aromatic heterocycles. The summed E-state index contributed by atoms with van der Waals surface area (Å²) in [6, 6.07) is 20.1. The lowest BCUT2D eigenvalue weighted by Gasteiger charge is -2.35. The predicted molar refractivity (Wildman–Crippen MR) is 186 cm³/mol. The van der Waals surface area contributed by atoms with Crippen molar-refractivity contribution >= 4 is 49.1 Å². The topological polar surface area (TPSA) is 93.0 Å². The van der Waals surface area contributed by atoms with Gasteiger partial charge in [-0.3, -0.25) is 24.0 Å². The van der Waals surface area contributed by atoms with E-state index in [0.717, 1.165) is 42.7 Å². The van der Waals surface area contributed by atoms with E-state index in [1.807, 2.05) is 64.4 Å². The zero-order valence-electron chi connectivity index (χ0n) is 25.9. The Labute approximate surface area is 291 Å². The number of carbonyl (C=O) groups excluding carboxylic acids is 1. The summed E-state index contributed by atoms with van der Waals surface area (Å²) in [6.45, 7) is 5.87. The fourth-order valence-electron chi connectivity index (χ4n) is 5.57. The molecule has 0 unspecified atom stereocenters. The molecule has 0 N–H and O–H groups in total. The first-order valence-electron chi connectivity index (χ1n) is 14.8. The third-order valence-electron chi connectivity index (χ3n) is 8.12. The zero-order valence-corrected chi connectivity index (χ0v) is 28.3. The lowest BCUT2D eigenvalue weighted by atomic mass is 10.1. The minimum absolute atomic E-state index is 0. The first kappa shape index (κ1) is 37.7. The van der Waals surface area contributed by atoms with Crippen LogP contribution >= 0.6 is 37.2 Å². The molecule has 1 atom stereocenters. The summed E-state index contributed by atoms with van der Waals surface area (Å²) in [5.41, 5.74) is 1.96. The number of pyridine rings is 1. The number of rotatable bonds is 8. The smallest absolute Gasteiger partial charge is 0.255 e. The Bertz CT molecular complexity index is 1660. The summed E-state index contributed by atoms with van der Waals surface area (Å²) in [5.74, 6) is 0.790. The van der Waals surface area contributed by atoms with Gasteiger partial charge in [-0.1, -0.05) is 30.3 Å². The highest BCUT2D eigenvalue weighted by Gasteiger charge is 2.26. The fourth-order valence-corrected chi connectivity index (χ4v) is 5.57. The lowest BCUT2D eigenvalue weighted by Crippen LogP contribution is -2.49. The van der Waals surface area contributed by atoms with Crippen LogP contribution in [0.4, 0.5) is 10.3 Å². The number of benzene rings is 2. The molecular formula is C33H38Cl3FN6O4. The molecule has 0 bridgehead atoms. The van der Waals surface area contributed by atoms with Crippen molar-refractivity contribution in [1.82, 2.24) is 24.3 Å². The lowest BCUT2D eigenvalue weighted by molar-refractivity contribution is 0.0389. The second-order valence-electron chi connectivity index (χ2n) is 10.9. The van der Waals surface area contributed by atoms with E-state index in [4.69, 9.17) is 9.47 Å². The summed E-state index contributed by atoms with van der Waals surface area (Å²) in [7, 11) is 1.66. The van der Waals surface area contributed by atoms with E-state index in [1.165, 1.54) is 22.9 Å². The van der Waals surface area contributed by atoms with Gasteiger partial charge in [-0.05, 0) is 35.9 Å². The van der Waals surface area contributed by atoms with Crippen LogP contribution in [0.3, 0.4) is 0 Å². The molecule has 1 amide bonds. The van der Waals surface area contributed by atoms with Crippen molar-refractivity contribution < 1.29 is 18.7 Å². The number of carbonyl (C=O) groups is 1. The van der Waals surface area contributed by atoms with Gasteiger partial charge >= 0.3 is 0 Å². The minimum atomic E-state index is -0.528. The first-order valence-corrected chi connectivity index (χ1v) is 14.8. The highest BCUT2D eigenvalue weighted by atomic mass is 35.5. The zero-order chi connectivity index (χ0) is 30.5. The van der Waals surface area contributed by atoms with Crippen molar-refractivity contribution in [2.24, 2.45) is 7.05 Å². The van der Waals surface area contributed by atoms with E-state index in [1.54, 1.807) is 7.05 Å². The number of ether oxygens (including phenoxy) is 2. The Morgan fingerprint density at radius 2 is 1.70 bits per heavy atom. The van der Waals surface area contributed by atoms with Crippen LogP contribution in [-0.2, 0) is 11.8 Å². The Hall–Kier alpha value is -3.74. The second kappa shape index (κ2) is 17.4. The molecule has 2 aliphatic heterocycles. The molecule has 2 aliphatic rings. The minimum Gasteiger partial charge on any atom is -0.492 e. The van der Waals surface area contributed by atoms with Gasteiger partial charge in [-0.25, -0.2) is 9.37 Å². The maximum absolute atomic E-state index is 14.4. The van der Waals surface area contributed by atoms with Gasteiger partial charge in [-0.2, -0.15) is 0 Å². The molecule has 0 saturated carbocycles. The summed E-state index contributed by atoms with van der Waals surface area (Å²) in [5, 5.41) is 0. The normalized spacial score (nSPS) is 16.3. The van der Waals surface area contributed by atoms with Gasteiger partial charge in [0.05, 0.1) is 25.0 Å². The molecule has 252 valence electrons. The summed E-state index contributed by atoms with van der Waals surface area (Å²) in [6.07, 6.45) is 2.36. The van der Waals surface area contributed by atoms with E-state index in [2.05, 4.69) is 14.9 Å². The Morgan fingerprint density at radius 1 is 0.979 bits per heavy atom. The third-order valence-corrected chi connectivity index (χ3v) is 8.12. The van der Waals surface area contributed by atoms with Gasteiger partial charge in [0.1, 0.15) is 18.5 Å². The number of hydrogen-bond donors (Lipinski definition) is 0. The number of morpholine rings is 1. The molecule has 2 aromatic carbocycles. The molecule has 6 rings (SSSR count). The molecule has 2 saturated heterocycles. The standard InChI is InChI=1S/C33H35FN6O4.3ClH/c1-37-31(41)21-29(27-11-12-35-22-28(27)34)36-33(37)40-18-20-44-30(23-40)24-7-9-26(10-8-24)43-19-17-38-13-15-39(16-14-38)32(42)25-5-3-2-4-6-25;;;/h2-12,21-22,30H,13-20,23H2,1H3;3*1H/t30-;;;/m1.../s1. The second-order valence-corrected chi connectivity index (χ2v) is 10.9. The van der Waals surface area contributed by atoms with Crippen LogP contribution < -0.4 is 15.2 Å². The highest BCUT2D eigenvalue weighted by Crippen LogP contribution is 2.28. The van der Waals surface area contributed by atoms with Gasteiger partial charge < -0.3 is 19.3 Å². The van der Waals surface area contributed by atoms with Gasteiger partial charge in [0.25, 0.3) is 11.5 Å². The van der Waals surface area contributed by atoms with Crippen molar-refractivity contribution in [2.45, 2.75) is 6.10 Å². The molecule has 4 heterocycles. The van der Waals surface area contributed by atoms with Gasteiger partial charge in [0.2, 0.25) is 5.95 Å². The van der Waals surface area contributed by atoms with Crippen LogP contribution in [0.25, 0.3) is 11.3 Å². The summed E-state index contributed by atoms with van der Waals surface area (Å²) < 4.78 is 28.0. The number of aromatic nitrogens is 3. The van der Waals surface area contributed by atoms with E-state index in [-0.39, 0.29) is 66.0 Å². The largest absolute Gasteiger partial charge is 0.492 e. The van der Waals surface area contributed by atoms with E-state index in [9.17, 15) is 14.0 Å². The molecule has 10 nitrogen and oxygen atoms in total. The number of hydrogen-bond acceptors (Lipinski definition) is 8. The maximum Gasteiger partial charge on any atom is 0.255 e. The molecule has 4 aromatic rings. The van der Waals surface area contributed by atoms with Crippen LogP contribution in [0.15, 0.2) is 83.9 Å². The van der Waals surface area contributed by atoms with Crippen LogP contribution in [0.1, 0.15) is 22.0 Å². The van der Waals surface area contributed by atoms with Crippen LogP contribution in [0, 0.1) is 5.82 Å². The van der Waals surface area contributed by atoms with E-state index in [0.29, 0.717) is 45.3 Å². The van der Waals surface area contributed by atoms with E-state index >= 15 is 0 Å². The number of nitrogens with zero attached hydrogens (tertiary/aromatic N) is 6.